The number of likely N-dealkylation sites (tertiary alicyclic amines) is 1. The predicted molar refractivity (Wildman–Crippen MR) is 188 cm³/mol. The van der Waals surface area contributed by atoms with Crippen LogP contribution in [0.5, 0.6) is 0 Å². The van der Waals surface area contributed by atoms with Crippen LogP contribution < -0.4 is 32.7 Å². The molecule has 1 saturated carbocycles. The fourth-order valence-corrected chi connectivity index (χ4v) is 6.80. The van der Waals surface area contributed by atoms with E-state index in [4.69, 9.17) is 11.5 Å². The van der Waals surface area contributed by atoms with Gasteiger partial charge in [0.15, 0.2) is 6.10 Å². The number of nitrogens with zero attached hydrogens (tertiary/aromatic N) is 3. The van der Waals surface area contributed by atoms with Gasteiger partial charge in [-0.2, -0.15) is 0 Å². The van der Waals surface area contributed by atoms with Crippen molar-refractivity contribution in [2.24, 2.45) is 29.2 Å². The Morgan fingerprint density at radius 1 is 0.885 bits per heavy atom. The lowest BCUT2D eigenvalue weighted by Gasteiger charge is -2.34. The van der Waals surface area contributed by atoms with Crippen molar-refractivity contribution in [1.82, 2.24) is 36.1 Å². The van der Waals surface area contributed by atoms with Gasteiger partial charge in [0.1, 0.15) is 29.9 Å². The fraction of sp³-hybridized carbons (Fsp3) is 0.686. The van der Waals surface area contributed by atoms with Crippen molar-refractivity contribution in [3.8, 4) is 0 Å². The first-order valence-electron chi connectivity index (χ1n) is 18.2. The number of hydrogen-bond acceptors (Lipinski definition) is 10. The van der Waals surface area contributed by atoms with E-state index in [1.54, 1.807) is 20.8 Å². The molecule has 2 fully saturated rings. The summed E-state index contributed by atoms with van der Waals surface area (Å²) in [4.78, 5) is 100. The first-order chi connectivity index (χ1) is 24.6. The standard InChI is InChI=1S/C35H55N9O8/c1-5-20(4)28(34(51)42-27(19(2)3)30(37)47)43-33(50)25-12-9-15-44(25)35(52)29(46)22(16-21-10-7-6-8-11-21)40-31(48)23(17-26(36)45)41-32(49)24-18-38-13-14-39-24/h13-14,18-23,25,27-29,46H,5-12,15-17H2,1-4H3,(H2,36,45)(H2,37,47)(H,40,48)(H,41,49)(H,42,51)(H,43,50)/t20-,22+,23+,25+,27+,28+,29+/m1/s1. The van der Waals surface area contributed by atoms with E-state index in [0.29, 0.717) is 12.8 Å². The summed E-state index contributed by atoms with van der Waals surface area (Å²) in [5.74, 6) is -5.70. The number of amides is 7. The monoisotopic (exact) mass is 729 g/mol. The number of aromatic nitrogens is 2. The molecule has 2 heterocycles. The number of primary amides is 2. The zero-order chi connectivity index (χ0) is 38.5. The summed E-state index contributed by atoms with van der Waals surface area (Å²) in [6.07, 6.45) is 7.56. The molecule has 2 aliphatic rings. The molecule has 1 aromatic heterocycles. The molecule has 17 nitrogen and oxygen atoms in total. The zero-order valence-corrected chi connectivity index (χ0v) is 30.5. The van der Waals surface area contributed by atoms with Crippen LogP contribution in [0.3, 0.4) is 0 Å². The van der Waals surface area contributed by atoms with Crippen LogP contribution in [-0.4, -0.2) is 104 Å². The molecule has 52 heavy (non-hydrogen) atoms. The number of carbonyl (C=O) groups excluding carboxylic acids is 7. The molecule has 1 aliphatic carbocycles. The molecular formula is C35H55N9O8. The van der Waals surface area contributed by atoms with Gasteiger partial charge in [0, 0.05) is 18.9 Å². The summed E-state index contributed by atoms with van der Waals surface area (Å²) in [6, 6.07) is -5.56. The van der Waals surface area contributed by atoms with Gasteiger partial charge in [-0.15, -0.1) is 0 Å². The highest BCUT2D eigenvalue weighted by Gasteiger charge is 2.42. The Labute approximate surface area is 304 Å². The highest BCUT2D eigenvalue weighted by Crippen LogP contribution is 2.29. The Kier molecular flexibility index (Phi) is 15.9. The van der Waals surface area contributed by atoms with Gasteiger partial charge < -0.3 is 42.7 Å². The zero-order valence-electron chi connectivity index (χ0n) is 30.5. The number of carbonyl (C=O) groups is 7. The van der Waals surface area contributed by atoms with Crippen LogP contribution in [0.25, 0.3) is 0 Å². The van der Waals surface area contributed by atoms with E-state index in [1.165, 1.54) is 23.5 Å². The van der Waals surface area contributed by atoms with Crippen LogP contribution in [0.15, 0.2) is 18.6 Å². The summed E-state index contributed by atoms with van der Waals surface area (Å²) < 4.78 is 0. The molecule has 1 aliphatic heterocycles. The molecule has 0 spiro atoms. The number of aliphatic hydroxyl groups excluding tert-OH is 1. The number of aliphatic hydroxyl groups is 1. The minimum Gasteiger partial charge on any atom is -0.381 e. The molecule has 7 atom stereocenters. The van der Waals surface area contributed by atoms with Gasteiger partial charge in [0.2, 0.25) is 29.5 Å². The average Bonchev–Trinajstić information content (AvgIpc) is 3.62. The van der Waals surface area contributed by atoms with Crippen LogP contribution in [0.4, 0.5) is 0 Å². The predicted octanol–water partition coefficient (Wildman–Crippen LogP) is -0.585. The third-order valence-electron chi connectivity index (χ3n) is 10.00. The third-order valence-corrected chi connectivity index (χ3v) is 10.00. The van der Waals surface area contributed by atoms with E-state index in [2.05, 4.69) is 31.2 Å². The molecule has 0 aromatic carbocycles. The maximum Gasteiger partial charge on any atom is 0.272 e. The first-order valence-corrected chi connectivity index (χ1v) is 18.2. The Morgan fingerprint density at radius 2 is 1.58 bits per heavy atom. The summed E-state index contributed by atoms with van der Waals surface area (Å²) in [7, 11) is 0. The molecular weight excluding hydrogens is 674 g/mol. The molecule has 17 heteroatoms. The molecule has 3 rings (SSSR count). The second kappa shape index (κ2) is 19.8. The van der Waals surface area contributed by atoms with Gasteiger partial charge in [-0.1, -0.05) is 66.2 Å². The van der Waals surface area contributed by atoms with Crippen LogP contribution in [-0.2, 0) is 28.8 Å². The van der Waals surface area contributed by atoms with Gasteiger partial charge in [0.05, 0.1) is 18.7 Å². The SMILES string of the molecule is CC[C@@H](C)[C@H](NC(=O)[C@@H]1CCCN1C(=O)[C@@H](O)[C@H](CC1CCCCC1)NC(=O)[C@H](CC(N)=O)NC(=O)c1cnccn1)C(=O)N[C@H](C(N)=O)C(C)C. The Balaban J connectivity index is 1.81. The molecule has 0 radical (unpaired) electrons. The second-order valence-corrected chi connectivity index (χ2v) is 14.3. The summed E-state index contributed by atoms with van der Waals surface area (Å²) in [6.45, 7) is 7.24. The summed E-state index contributed by atoms with van der Waals surface area (Å²) >= 11 is 0. The fourth-order valence-electron chi connectivity index (χ4n) is 6.80. The molecule has 1 saturated heterocycles. The average molecular weight is 730 g/mol. The van der Waals surface area contributed by atoms with Gasteiger partial charge in [-0.25, -0.2) is 4.98 Å². The summed E-state index contributed by atoms with van der Waals surface area (Å²) in [5, 5.41) is 22.1. The van der Waals surface area contributed by atoms with E-state index in [0.717, 1.165) is 32.1 Å². The molecule has 1 aromatic rings. The smallest absolute Gasteiger partial charge is 0.272 e. The maximum atomic E-state index is 14.0. The molecule has 7 amide bonds. The minimum atomic E-state index is -1.78. The van der Waals surface area contributed by atoms with E-state index in [-0.39, 0.29) is 42.8 Å². The highest BCUT2D eigenvalue weighted by atomic mass is 16.3. The molecule has 9 N–H and O–H groups in total. The number of nitrogens with one attached hydrogen (secondary N) is 4. The lowest BCUT2D eigenvalue weighted by atomic mass is 9.83. The van der Waals surface area contributed by atoms with Crippen LogP contribution in [0.2, 0.25) is 0 Å². The largest absolute Gasteiger partial charge is 0.381 e. The second-order valence-electron chi connectivity index (χ2n) is 14.3. The van der Waals surface area contributed by atoms with Crippen molar-refractivity contribution in [3.05, 3.63) is 24.3 Å². The number of rotatable bonds is 18. The highest BCUT2D eigenvalue weighted by molar-refractivity contribution is 5.98. The minimum absolute atomic E-state index is 0.0767. The van der Waals surface area contributed by atoms with Crippen molar-refractivity contribution in [3.63, 3.8) is 0 Å². The Hall–Kier alpha value is -4.67. The first kappa shape index (κ1) is 41.7. The van der Waals surface area contributed by atoms with Crippen molar-refractivity contribution in [1.29, 1.82) is 0 Å². The van der Waals surface area contributed by atoms with Crippen molar-refractivity contribution in [2.75, 3.05) is 6.54 Å². The van der Waals surface area contributed by atoms with Gasteiger partial charge in [0.25, 0.3) is 11.8 Å². The van der Waals surface area contributed by atoms with E-state index in [1.807, 2.05) is 6.92 Å². The summed E-state index contributed by atoms with van der Waals surface area (Å²) in [5.41, 5.74) is 10.8. The molecule has 288 valence electrons. The van der Waals surface area contributed by atoms with E-state index >= 15 is 0 Å². The van der Waals surface area contributed by atoms with Gasteiger partial charge in [-0.3, -0.25) is 38.5 Å². The normalized spacial score (nSPS) is 19.7. The molecule has 0 unspecified atom stereocenters. The van der Waals surface area contributed by atoms with Crippen LogP contribution in [0, 0.1) is 17.8 Å². The Bertz CT molecular complexity index is 1420. The van der Waals surface area contributed by atoms with E-state index in [9.17, 15) is 38.7 Å². The van der Waals surface area contributed by atoms with Gasteiger partial charge in [-0.05, 0) is 37.0 Å². The topological polar surface area (TPSA) is 269 Å². The quantitative estimate of drug-likeness (QED) is 0.101. The van der Waals surface area contributed by atoms with Gasteiger partial charge >= 0.3 is 0 Å². The lowest BCUT2D eigenvalue weighted by molar-refractivity contribution is -0.148. The Morgan fingerprint density at radius 3 is 2.15 bits per heavy atom. The van der Waals surface area contributed by atoms with Crippen molar-refractivity contribution < 1.29 is 38.7 Å². The van der Waals surface area contributed by atoms with Crippen molar-refractivity contribution in [2.45, 2.75) is 128 Å². The van der Waals surface area contributed by atoms with Crippen LogP contribution in [0.1, 0.15) is 102 Å². The maximum absolute atomic E-state index is 14.0. The van der Waals surface area contributed by atoms with E-state index < -0.39 is 84.1 Å². The third kappa shape index (κ3) is 11.7. The lowest BCUT2D eigenvalue weighted by Crippen LogP contribution is -2.60. The van der Waals surface area contributed by atoms with Crippen molar-refractivity contribution >= 4 is 41.4 Å². The number of hydrogen-bond donors (Lipinski definition) is 7. The molecule has 0 bridgehead atoms. The van der Waals surface area contributed by atoms with Crippen LogP contribution >= 0.6 is 0 Å². The number of nitrogens with two attached hydrogens (primary N) is 2.